The van der Waals surface area contributed by atoms with Crippen LogP contribution >= 0.6 is 12.2 Å². The molecular formula is C17H27N3S. The third-order valence-electron chi connectivity index (χ3n) is 4.19. The quantitative estimate of drug-likeness (QED) is 0.617. The Balaban J connectivity index is 2.36. The van der Waals surface area contributed by atoms with Gasteiger partial charge in [-0.1, -0.05) is 32.0 Å². The number of rotatable bonds is 7. The fourth-order valence-corrected chi connectivity index (χ4v) is 3.15. The zero-order valence-corrected chi connectivity index (χ0v) is 14.3. The van der Waals surface area contributed by atoms with Gasteiger partial charge in [0.15, 0.2) is 0 Å². The summed E-state index contributed by atoms with van der Waals surface area (Å²) in [6.07, 6.45) is 7.04. The van der Waals surface area contributed by atoms with Crippen LogP contribution in [-0.2, 0) is 12.8 Å². The number of hydrogen-bond acceptors (Lipinski definition) is 3. The van der Waals surface area contributed by atoms with Crippen LogP contribution in [0.1, 0.15) is 63.3 Å². The number of nitrogens with zero attached hydrogens (tertiary/aromatic N) is 2. The molecular weight excluding hydrogens is 278 g/mol. The fourth-order valence-electron chi connectivity index (χ4n) is 3.00. The van der Waals surface area contributed by atoms with E-state index >= 15 is 0 Å². The van der Waals surface area contributed by atoms with Gasteiger partial charge in [0.2, 0.25) is 0 Å². The van der Waals surface area contributed by atoms with Crippen LogP contribution < -0.4 is 10.6 Å². The number of fused-ring (bicyclic) bond motifs is 1. The molecule has 0 radical (unpaired) electrons. The molecule has 0 saturated carbocycles. The van der Waals surface area contributed by atoms with Crippen molar-refractivity contribution in [2.75, 3.05) is 11.4 Å². The Morgan fingerprint density at radius 1 is 1.38 bits per heavy atom. The summed E-state index contributed by atoms with van der Waals surface area (Å²) in [6, 6.07) is 2.59. The maximum absolute atomic E-state index is 5.97. The fraction of sp³-hybridized carbons (Fsp3) is 0.647. The van der Waals surface area contributed by atoms with Crippen molar-refractivity contribution in [2.24, 2.45) is 5.73 Å². The topological polar surface area (TPSA) is 42.2 Å². The second-order valence-corrected chi connectivity index (χ2v) is 6.62. The van der Waals surface area contributed by atoms with Gasteiger partial charge >= 0.3 is 0 Å². The summed E-state index contributed by atoms with van der Waals surface area (Å²) in [5, 5.41) is 0. The first-order chi connectivity index (χ1) is 10.0. The Labute approximate surface area is 133 Å². The van der Waals surface area contributed by atoms with Crippen molar-refractivity contribution < 1.29 is 0 Å². The molecule has 0 aromatic carbocycles. The van der Waals surface area contributed by atoms with Crippen molar-refractivity contribution in [1.29, 1.82) is 0 Å². The van der Waals surface area contributed by atoms with E-state index in [0.717, 1.165) is 30.8 Å². The molecule has 3 nitrogen and oxygen atoms in total. The van der Waals surface area contributed by atoms with E-state index in [1.165, 1.54) is 36.9 Å². The summed E-state index contributed by atoms with van der Waals surface area (Å²) in [4.78, 5) is 7.76. The molecule has 1 aliphatic carbocycles. The number of hydrogen-bond donors (Lipinski definition) is 1. The van der Waals surface area contributed by atoms with Crippen molar-refractivity contribution in [3.63, 3.8) is 0 Å². The monoisotopic (exact) mass is 305 g/mol. The summed E-state index contributed by atoms with van der Waals surface area (Å²) in [6.45, 7) is 7.68. The van der Waals surface area contributed by atoms with Crippen molar-refractivity contribution in [3.8, 4) is 0 Å². The van der Waals surface area contributed by atoms with E-state index in [1.807, 2.05) is 0 Å². The molecule has 0 atom stereocenters. The Kier molecular flexibility index (Phi) is 5.57. The van der Waals surface area contributed by atoms with Gasteiger partial charge in [-0.15, -0.1) is 0 Å². The molecule has 2 rings (SSSR count). The number of anilines is 1. The lowest BCUT2D eigenvalue weighted by atomic mass is 10.1. The van der Waals surface area contributed by atoms with Crippen LogP contribution in [0.3, 0.4) is 0 Å². The largest absolute Gasteiger partial charge is 0.389 e. The van der Waals surface area contributed by atoms with Crippen LogP contribution in [0.4, 0.5) is 5.82 Å². The summed E-state index contributed by atoms with van der Waals surface area (Å²) in [5.74, 6) is 0.995. The number of nitrogens with two attached hydrogens (primary N) is 1. The number of pyridine rings is 1. The highest BCUT2D eigenvalue weighted by atomic mass is 32.1. The summed E-state index contributed by atoms with van der Waals surface area (Å²) in [7, 11) is 0. The van der Waals surface area contributed by atoms with Gasteiger partial charge in [-0.25, -0.2) is 4.98 Å². The number of aryl methyl sites for hydroxylation is 2. The first-order valence-electron chi connectivity index (χ1n) is 8.13. The lowest BCUT2D eigenvalue weighted by molar-refractivity contribution is 0.618. The van der Waals surface area contributed by atoms with Gasteiger partial charge in [-0.3, -0.25) is 0 Å². The van der Waals surface area contributed by atoms with Crippen LogP contribution in [0.15, 0.2) is 6.07 Å². The second-order valence-electron chi connectivity index (χ2n) is 6.18. The highest BCUT2D eigenvalue weighted by Gasteiger charge is 2.22. The van der Waals surface area contributed by atoms with E-state index in [-0.39, 0.29) is 0 Å². The SMILES string of the molecule is CCCCCN(c1nc2c(cc1C(N)=S)CCC2)C(C)C. The highest BCUT2D eigenvalue weighted by Crippen LogP contribution is 2.28. The lowest BCUT2D eigenvalue weighted by Gasteiger charge is -2.30. The van der Waals surface area contributed by atoms with Crippen LogP contribution in [0.5, 0.6) is 0 Å². The molecule has 1 aromatic rings. The Bertz CT molecular complexity index is 511. The first-order valence-corrected chi connectivity index (χ1v) is 8.54. The zero-order chi connectivity index (χ0) is 15.4. The van der Waals surface area contributed by atoms with Gasteiger partial charge in [-0.05, 0) is 51.2 Å². The third-order valence-corrected chi connectivity index (χ3v) is 4.41. The first kappa shape index (κ1) is 16.2. The lowest BCUT2D eigenvalue weighted by Crippen LogP contribution is -2.34. The van der Waals surface area contributed by atoms with Crippen molar-refractivity contribution in [1.82, 2.24) is 4.98 Å². The molecule has 1 heterocycles. The molecule has 1 aromatic heterocycles. The second kappa shape index (κ2) is 7.21. The van der Waals surface area contributed by atoms with E-state index in [0.29, 0.717) is 11.0 Å². The van der Waals surface area contributed by atoms with Gasteiger partial charge in [0.25, 0.3) is 0 Å². The predicted octanol–water partition coefficient (Wildman–Crippen LogP) is 3.61. The third kappa shape index (κ3) is 3.73. The molecule has 0 saturated heterocycles. The number of aromatic nitrogens is 1. The van der Waals surface area contributed by atoms with Crippen molar-refractivity contribution in [3.05, 3.63) is 22.9 Å². The van der Waals surface area contributed by atoms with E-state index in [1.54, 1.807) is 0 Å². The van der Waals surface area contributed by atoms with Gasteiger partial charge < -0.3 is 10.6 Å². The van der Waals surface area contributed by atoms with Crippen LogP contribution in [0.25, 0.3) is 0 Å². The van der Waals surface area contributed by atoms with E-state index in [4.69, 9.17) is 22.9 Å². The van der Waals surface area contributed by atoms with Gasteiger partial charge in [0, 0.05) is 18.3 Å². The smallest absolute Gasteiger partial charge is 0.139 e. The van der Waals surface area contributed by atoms with Gasteiger partial charge in [0.1, 0.15) is 10.8 Å². The highest BCUT2D eigenvalue weighted by molar-refractivity contribution is 7.80. The van der Waals surface area contributed by atoms with E-state index in [2.05, 4.69) is 31.7 Å². The normalized spacial score (nSPS) is 13.5. The van der Waals surface area contributed by atoms with Crippen molar-refractivity contribution in [2.45, 2.75) is 65.3 Å². The van der Waals surface area contributed by atoms with Crippen LogP contribution in [0.2, 0.25) is 0 Å². The molecule has 0 amide bonds. The molecule has 1 aliphatic rings. The summed E-state index contributed by atoms with van der Waals surface area (Å²) >= 11 is 5.27. The number of unbranched alkanes of at least 4 members (excludes halogenated alkanes) is 2. The Morgan fingerprint density at radius 2 is 2.14 bits per heavy atom. The predicted molar refractivity (Wildman–Crippen MR) is 94.2 cm³/mol. The molecule has 21 heavy (non-hydrogen) atoms. The van der Waals surface area contributed by atoms with Gasteiger partial charge in [0.05, 0.1) is 5.56 Å². The molecule has 0 unspecified atom stereocenters. The molecule has 0 bridgehead atoms. The van der Waals surface area contributed by atoms with Crippen molar-refractivity contribution >= 4 is 23.0 Å². The van der Waals surface area contributed by atoms with Gasteiger partial charge in [-0.2, -0.15) is 0 Å². The molecule has 2 N–H and O–H groups in total. The molecule has 0 aliphatic heterocycles. The minimum atomic E-state index is 0.405. The summed E-state index contributed by atoms with van der Waals surface area (Å²) in [5.41, 5.74) is 9.49. The Morgan fingerprint density at radius 3 is 2.76 bits per heavy atom. The zero-order valence-electron chi connectivity index (χ0n) is 13.5. The average molecular weight is 305 g/mol. The maximum atomic E-state index is 5.97. The van der Waals surface area contributed by atoms with Crippen LogP contribution in [-0.4, -0.2) is 22.6 Å². The minimum absolute atomic E-state index is 0.405. The standard InChI is InChI=1S/C17H27N3S/c1-4-5-6-10-20(12(2)3)17-14(16(18)21)11-13-8-7-9-15(13)19-17/h11-12H,4-10H2,1-3H3,(H2,18,21). The van der Waals surface area contributed by atoms with Crippen LogP contribution in [0, 0.1) is 0 Å². The Hall–Kier alpha value is -1.16. The maximum Gasteiger partial charge on any atom is 0.139 e. The minimum Gasteiger partial charge on any atom is -0.389 e. The van der Waals surface area contributed by atoms with E-state index in [9.17, 15) is 0 Å². The molecule has 116 valence electrons. The average Bonchev–Trinajstić information content (AvgIpc) is 2.89. The molecule has 0 fully saturated rings. The summed E-state index contributed by atoms with van der Waals surface area (Å²) < 4.78 is 0. The number of thiocarbonyl (C=S) groups is 1. The molecule has 0 spiro atoms. The van der Waals surface area contributed by atoms with E-state index < -0.39 is 0 Å². The molecule has 4 heteroatoms.